The number of methoxy groups -OCH3 is 1. The molecule has 2 fully saturated rings. The van der Waals surface area contributed by atoms with E-state index in [-0.39, 0.29) is 29.7 Å². The van der Waals surface area contributed by atoms with Crippen molar-refractivity contribution in [2.45, 2.75) is 56.7 Å². The molecule has 5 rings (SSSR count). The molecule has 0 radical (unpaired) electrons. The highest BCUT2D eigenvalue weighted by atomic mass is 16.5. The Balaban J connectivity index is 1.64. The van der Waals surface area contributed by atoms with Crippen molar-refractivity contribution in [2.24, 2.45) is 17.6 Å². The Morgan fingerprint density at radius 2 is 1.80 bits per heavy atom. The molecular weight excluding hydrogens is 518 g/mol. The minimum atomic E-state index is -2.66. The Morgan fingerprint density at radius 3 is 2.38 bits per heavy atom. The van der Waals surface area contributed by atoms with Crippen molar-refractivity contribution in [2.75, 3.05) is 34.3 Å². The van der Waals surface area contributed by atoms with Gasteiger partial charge in [-0.25, -0.2) is 0 Å². The molecule has 40 heavy (non-hydrogen) atoms. The molecule has 0 bridgehead atoms. The zero-order valence-corrected chi connectivity index (χ0v) is 23.1. The quantitative estimate of drug-likeness (QED) is 0.334. The Kier molecular flexibility index (Phi) is 7.18. The van der Waals surface area contributed by atoms with E-state index in [0.29, 0.717) is 17.9 Å². The number of ketones is 2. The molecule has 1 saturated carbocycles. The average Bonchev–Trinajstić information content (AvgIpc) is 3.14. The van der Waals surface area contributed by atoms with Crippen LogP contribution in [0.2, 0.25) is 0 Å². The molecule has 4 aliphatic rings. The smallest absolute Gasteiger partial charge is 0.255 e. The maximum atomic E-state index is 14.0. The van der Waals surface area contributed by atoms with Crippen molar-refractivity contribution < 1.29 is 39.5 Å². The van der Waals surface area contributed by atoms with Crippen LogP contribution in [0, 0.1) is 11.8 Å². The second-order valence-corrected chi connectivity index (χ2v) is 11.6. The Labute approximate surface area is 232 Å². The summed E-state index contributed by atoms with van der Waals surface area (Å²) in [6, 6.07) is 0.413. The molecule has 1 amide bonds. The summed E-state index contributed by atoms with van der Waals surface area (Å²) in [7, 11) is 4.67. The summed E-state index contributed by atoms with van der Waals surface area (Å²) >= 11 is 0. The number of rotatable bonds is 5. The van der Waals surface area contributed by atoms with E-state index in [1.165, 1.54) is 30.9 Å². The van der Waals surface area contributed by atoms with E-state index in [2.05, 4.69) is 4.90 Å². The van der Waals surface area contributed by atoms with Crippen molar-refractivity contribution in [3.05, 3.63) is 39.7 Å². The van der Waals surface area contributed by atoms with E-state index in [1.54, 1.807) is 14.1 Å². The number of amides is 1. The van der Waals surface area contributed by atoms with Gasteiger partial charge in [-0.05, 0) is 64.9 Å². The molecule has 0 unspecified atom stereocenters. The zero-order valence-electron chi connectivity index (χ0n) is 23.1. The van der Waals surface area contributed by atoms with Gasteiger partial charge in [-0.2, -0.15) is 0 Å². The number of likely N-dealkylation sites (tertiary alicyclic amines) is 1. The van der Waals surface area contributed by atoms with Crippen LogP contribution in [-0.2, 0) is 27.3 Å². The second kappa shape index (κ2) is 10.2. The first-order valence-electron chi connectivity index (χ1n) is 13.7. The van der Waals surface area contributed by atoms with Crippen molar-refractivity contribution in [1.82, 2.24) is 9.80 Å². The summed E-state index contributed by atoms with van der Waals surface area (Å²) in [5.74, 6) is -6.17. The molecule has 11 heteroatoms. The van der Waals surface area contributed by atoms with E-state index in [9.17, 15) is 34.8 Å². The number of benzene rings is 1. The van der Waals surface area contributed by atoms with E-state index in [4.69, 9.17) is 10.5 Å². The molecule has 4 atom stereocenters. The van der Waals surface area contributed by atoms with Crippen molar-refractivity contribution in [3.63, 3.8) is 0 Å². The molecule has 1 aliphatic heterocycles. The molecule has 3 aliphatic carbocycles. The highest BCUT2D eigenvalue weighted by Crippen LogP contribution is 2.54. The molecule has 1 saturated heterocycles. The first kappa shape index (κ1) is 28.1. The third-order valence-corrected chi connectivity index (χ3v) is 9.04. The maximum absolute atomic E-state index is 14.0. The number of carbonyl (C=O) groups is 3. The number of fused-ring (bicyclic) bond motifs is 3. The summed E-state index contributed by atoms with van der Waals surface area (Å²) in [4.78, 5) is 43.1. The molecule has 0 spiro atoms. The minimum absolute atomic E-state index is 0.0338. The fourth-order valence-electron chi connectivity index (χ4n) is 7.26. The Bertz CT molecular complexity index is 1340. The predicted octanol–water partition coefficient (Wildman–Crippen LogP) is 1.35. The lowest BCUT2D eigenvalue weighted by molar-refractivity contribution is -0.153. The van der Waals surface area contributed by atoms with E-state index >= 15 is 0 Å². The number of nitrogens with two attached hydrogens (primary N) is 1. The Morgan fingerprint density at radius 1 is 1.15 bits per heavy atom. The number of phenols is 1. The standard InChI is InChI=1S/C29H37N3O8/c1-31(2)22-17-11-14-10-16-20(18(33)12-15(25(16)40-3)13-32-8-6-4-5-7-9-32)23(34)19(14)26(36)29(17,39)27(37)21(24(22)35)28(30)38/h12,14,17,22,33-34,37,39H,4-11,13H2,1-3H3,(H2,30,38)/t14-,17-,22-,29-/m0/s1. The van der Waals surface area contributed by atoms with Crippen LogP contribution in [0.15, 0.2) is 23.0 Å². The number of likely N-dealkylation sites (N-methyl/N-ethyl adjacent to an activating group) is 1. The van der Waals surface area contributed by atoms with Gasteiger partial charge < -0.3 is 30.9 Å². The van der Waals surface area contributed by atoms with Gasteiger partial charge in [0.2, 0.25) is 5.78 Å². The van der Waals surface area contributed by atoms with Crippen molar-refractivity contribution in [1.29, 1.82) is 0 Å². The van der Waals surface area contributed by atoms with Crippen LogP contribution in [0.4, 0.5) is 0 Å². The van der Waals surface area contributed by atoms with Gasteiger partial charge >= 0.3 is 0 Å². The van der Waals surface area contributed by atoms with Gasteiger partial charge in [0.05, 0.1) is 18.7 Å². The highest BCUT2D eigenvalue weighted by molar-refractivity contribution is 6.24. The molecule has 1 aromatic rings. The number of carbonyl (C=O) groups excluding carboxylic acids is 3. The monoisotopic (exact) mass is 555 g/mol. The lowest BCUT2D eigenvalue weighted by Crippen LogP contribution is -2.65. The number of hydrogen-bond acceptors (Lipinski definition) is 10. The summed E-state index contributed by atoms with van der Waals surface area (Å²) in [5.41, 5.74) is 3.05. The average molecular weight is 556 g/mol. The first-order valence-corrected chi connectivity index (χ1v) is 13.7. The fourth-order valence-corrected chi connectivity index (χ4v) is 7.26. The molecule has 1 heterocycles. The fraction of sp³-hybridized carbons (Fsp3) is 0.552. The highest BCUT2D eigenvalue weighted by Gasteiger charge is 2.64. The summed E-state index contributed by atoms with van der Waals surface area (Å²) in [6.45, 7) is 2.41. The molecule has 1 aromatic carbocycles. The number of phenolic OH excluding ortho intramolecular Hbond substituents is 1. The molecule has 0 aromatic heterocycles. The maximum Gasteiger partial charge on any atom is 0.255 e. The van der Waals surface area contributed by atoms with E-state index in [0.717, 1.165) is 31.5 Å². The van der Waals surface area contributed by atoms with Gasteiger partial charge in [0.1, 0.15) is 28.6 Å². The van der Waals surface area contributed by atoms with Crippen LogP contribution in [-0.4, -0.2) is 93.6 Å². The van der Waals surface area contributed by atoms with Crippen LogP contribution in [0.25, 0.3) is 5.76 Å². The molecular formula is C29H37N3O8. The summed E-state index contributed by atoms with van der Waals surface area (Å²) < 4.78 is 5.82. The minimum Gasteiger partial charge on any atom is -0.508 e. The van der Waals surface area contributed by atoms with Gasteiger partial charge in [0.25, 0.3) is 5.91 Å². The molecule has 216 valence electrons. The van der Waals surface area contributed by atoms with Gasteiger partial charge in [-0.1, -0.05) is 12.8 Å². The van der Waals surface area contributed by atoms with E-state index < -0.39 is 58.0 Å². The van der Waals surface area contributed by atoms with Crippen LogP contribution >= 0.6 is 0 Å². The number of Topliss-reactive ketones (excluding diaryl/α,β-unsaturated/α-hetero) is 2. The third-order valence-electron chi connectivity index (χ3n) is 9.04. The lowest BCUT2D eigenvalue weighted by atomic mass is 9.57. The van der Waals surface area contributed by atoms with Crippen LogP contribution in [0.5, 0.6) is 11.5 Å². The van der Waals surface area contributed by atoms with Gasteiger partial charge in [-0.3, -0.25) is 24.2 Å². The number of aliphatic hydroxyl groups is 3. The summed E-state index contributed by atoms with van der Waals surface area (Å²) in [6.07, 6.45) is 4.76. The van der Waals surface area contributed by atoms with Crippen LogP contribution < -0.4 is 10.5 Å². The SMILES string of the molecule is COc1c(CN2CCCCCC2)cc(O)c2c1C[C@H]1C[C@H]3[C@H](N(C)C)C(=O)C(C(N)=O)=C(O)[C@@]3(O)C(=O)C1=C2O. The van der Waals surface area contributed by atoms with Gasteiger partial charge in [0, 0.05) is 29.2 Å². The lowest BCUT2D eigenvalue weighted by Gasteiger charge is -2.50. The van der Waals surface area contributed by atoms with Crippen molar-refractivity contribution in [3.8, 4) is 11.5 Å². The van der Waals surface area contributed by atoms with Gasteiger partial charge in [0.15, 0.2) is 11.4 Å². The third kappa shape index (κ3) is 4.10. The number of nitrogens with zero attached hydrogens (tertiary/aromatic N) is 2. The number of primary amides is 1. The van der Waals surface area contributed by atoms with E-state index in [1.807, 2.05) is 0 Å². The summed E-state index contributed by atoms with van der Waals surface area (Å²) in [5, 5.41) is 45.2. The zero-order chi connectivity index (χ0) is 29.1. The van der Waals surface area contributed by atoms with Gasteiger partial charge in [-0.15, -0.1) is 0 Å². The normalized spacial score (nSPS) is 29.2. The largest absolute Gasteiger partial charge is 0.508 e. The number of aromatic hydroxyl groups is 1. The van der Waals surface area contributed by atoms with Crippen LogP contribution in [0.1, 0.15) is 48.8 Å². The molecule has 11 nitrogen and oxygen atoms in total. The number of aliphatic hydroxyl groups excluding tert-OH is 2. The van der Waals surface area contributed by atoms with Crippen molar-refractivity contribution >= 4 is 23.2 Å². The van der Waals surface area contributed by atoms with Crippen LogP contribution in [0.3, 0.4) is 0 Å². The topological polar surface area (TPSA) is 174 Å². The number of hydrogen-bond donors (Lipinski definition) is 5. The predicted molar refractivity (Wildman–Crippen MR) is 145 cm³/mol. The first-order chi connectivity index (χ1) is 18.9. The Hall–Kier alpha value is -3.41. The molecule has 6 N–H and O–H groups in total. The number of ether oxygens (including phenoxy) is 1. The second-order valence-electron chi connectivity index (χ2n) is 11.6.